The summed E-state index contributed by atoms with van der Waals surface area (Å²) in [7, 11) is 0. The van der Waals surface area contributed by atoms with Crippen LogP contribution in [0.25, 0.3) is 0 Å². The Hall–Kier alpha value is -1.61. The number of ether oxygens (including phenoxy) is 1. The molecule has 0 unspecified atom stereocenters. The normalized spacial score (nSPS) is 20.9. The molecule has 2 fully saturated rings. The predicted molar refractivity (Wildman–Crippen MR) is 95.9 cm³/mol. The van der Waals surface area contributed by atoms with Crippen molar-refractivity contribution in [1.29, 1.82) is 0 Å². The van der Waals surface area contributed by atoms with Gasteiger partial charge in [0.15, 0.2) is 0 Å². The van der Waals surface area contributed by atoms with E-state index in [4.69, 9.17) is 4.74 Å². The van der Waals surface area contributed by atoms with Crippen LogP contribution in [-0.2, 0) is 4.74 Å². The van der Waals surface area contributed by atoms with Gasteiger partial charge in [0.05, 0.1) is 24.5 Å². The van der Waals surface area contributed by atoms with Gasteiger partial charge in [0.1, 0.15) is 11.9 Å². The molecule has 2 amide bonds. The molecule has 2 aliphatic heterocycles. The maximum atomic E-state index is 14.5. The van der Waals surface area contributed by atoms with Crippen molar-refractivity contribution in [2.75, 3.05) is 47.5 Å². The number of rotatable bonds is 4. The van der Waals surface area contributed by atoms with Crippen molar-refractivity contribution in [1.82, 2.24) is 5.32 Å². The zero-order chi connectivity index (χ0) is 17.1. The lowest BCUT2D eigenvalue weighted by Gasteiger charge is -2.29. The van der Waals surface area contributed by atoms with Crippen LogP contribution in [0.5, 0.6) is 0 Å². The number of hydrogen-bond donors (Lipinski definition) is 2. The molecule has 2 saturated heterocycles. The highest BCUT2D eigenvalue weighted by atomic mass is 32.2. The zero-order valence-electron chi connectivity index (χ0n) is 12.9. The Balaban J connectivity index is 1.69. The van der Waals surface area contributed by atoms with E-state index in [1.54, 1.807) is 12.1 Å². The van der Waals surface area contributed by atoms with Crippen molar-refractivity contribution in [2.24, 2.45) is 0 Å². The van der Waals surface area contributed by atoms with Gasteiger partial charge >= 0.3 is 6.09 Å². The second-order valence-electron chi connectivity index (χ2n) is 5.54. The monoisotopic (exact) mass is 371 g/mol. The first-order chi connectivity index (χ1) is 11.5. The molecular weight excluding hydrogens is 353 g/mol. The molecule has 0 bridgehead atoms. The molecule has 0 radical (unpaired) electrons. The number of nitrogens with one attached hydrogen (secondary N) is 1. The second kappa shape index (κ2) is 7.52. The molecule has 130 valence electrons. The summed E-state index contributed by atoms with van der Waals surface area (Å²) in [4.78, 5) is 26.2. The van der Waals surface area contributed by atoms with E-state index in [0.717, 1.165) is 24.6 Å². The maximum absolute atomic E-state index is 14.5. The molecule has 2 aliphatic rings. The minimum atomic E-state index is -0.546. The summed E-state index contributed by atoms with van der Waals surface area (Å²) in [6.07, 6.45) is -1.02. The Morgan fingerprint density at radius 1 is 1.42 bits per heavy atom. The largest absolute Gasteiger partial charge is 0.442 e. The summed E-state index contributed by atoms with van der Waals surface area (Å²) in [5.41, 5.74) is 1.01. The van der Waals surface area contributed by atoms with E-state index in [0.29, 0.717) is 11.4 Å². The lowest BCUT2D eigenvalue weighted by Crippen LogP contribution is -2.33. The number of anilines is 2. The van der Waals surface area contributed by atoms with Crippen LogP contribution in [-0.4, -0.2) is 55.1 Å². The summed E-state index contributed by atoms with van der Waals surface area (Å²) < 4.78 is 19.6. The Morgan fingerprint density at radius 2 is 2.17 bits per heavy atom. The molecule has 1 N–H and O–H groups in total. The maximum Gasteiger partial charge on any atom is 0.414 e. The van der Waals surface area contributed by atoms with E-state index in [1.807, 2.05) is 16.7 Å². The third-order valence-corrected chi connectivity index (χ3v) is 5.05. The molecule has 1 aromatic rings. The topological polar surface area (TPSA) is 61.9 Å². The summed E-state index contributed by atoms with van der Waals surface area (Å²) in [5, 5.41) is 2.00. The summed E-state index contributed by atoms with van der Waals surface area (Å²) in [5.74, 6) is 1.62. The summed E-state index contributed by atoms with van der Waals surface area (Å²) in [6.45, 7) is 2.07. The molecule has 24 heavy (non-hydrogen) atoms. The van der Waals surface area contributed by atoms with Gasteiger partial charge < -0.3 is 15.0 Å². The number of thioether (sulfide) groups is 1. The van der Waals surface area contributed by atoms with Crippen LogP contribution < -0.4 is 15.1 Å². The zero-order valence-corrected chi connectivity index (χ0v) is 14.6. The molecule has 0 spiro atoms. The van der Waals surface area contributed by atoms with E-state index in [-0.39, 0.29) is 18.9 Å². The van der Waals surface area contributed by atoms with Gasteiger partial charge in [-0.05, 0) is 18.2 Å². The fourth-order valence-corrected chi connectivity index (χ4v) is 3.76. The van der Waals surface area contributed by atoms with Gasteiger partial charge in [0, 0.05) is 24.6 Å². The number of carbonyl (C=O) groups is 2. The van der Waals surface area contributed by atoms with Gasteiger partial charge in [-0.3, -0.25) is 9.69 Å². The standard InChI is InChI=1S/C15H18FN3O3S2/c16-12-7-10(1-2-13(12)18-3-5-24-6-4-18)19-9-11(22-15(19)21)8-17-14(20)23/h1-2,7,11H,3-6,8-9H2,(H2,17,20,23)/t11-/m0/s1. The number of halogens is 1. The molecule has 2 heterocycles. The number of amides is 2. The van der Waals surface area contributed by atoms with Crippen molar-refractivity contribution >= 4 is 47.1 Å². The average Bonchev–Trinajstić information content (AvgIpc) is 2.94. The van der Waals surface area contributed by atoms with E-state index in [2.05, 4.69) is 17.9 Å². The van der Waals surface area contributed by atoms with Gasteiger partial charge in [0.25, 0.3) is 5.24 Å². The van der Waals surface area contributed by atoms with Crippen molar-refractivity contribution in [2.45, 2.75) is 6.10 Å². The Bertz CT molecular complexity index is 640. The van der Waals surface area contributed by atoms with Crippen LogP contribution in [0.4, 0.5) is 25.4 Å². The quantitative estimate of drug-likeness (QED) is 0.796. The number of thiol groups is 1. The van der Waals surface area contributed by atoms with Crippen LogP contribution >= 0.6 is 24.4 Å². The van der Waals surface area contributed by atoms with Crippen molar-refractivity contribution in [3.63, 3.8) is 0 Å². The Kier molecular flexibility index (Phi) is 5.40. The smallest absolute Gasteiger partial charge is 0.414 e. The SMILES string of the molecule is O=C(S)NC[C@H]1CN(c2ccc(N3CCSCC3)c(F)c2)C(=O)O1. The van der Waals surface area contributed by atoms with Crippen LogP contribution in [0, 0.1) is 5.82 Å². The summed E-state index contributed by atoms with van der Waals surface area (Å²) >= 11 is 5.46. The second-order valence-corrected chi connectivity index (χ2v) is 7.17. The Labute approximate surface area is 149 Å². The number of benzene rings is 1. The minimum absolute atomic E-state index is 0.177. The number of nitrogens with zero attached hydrogens (tertiary/aromatic N) is 2. The van der Waals surface area contributed by atoms with Gasteiger partial charge in [-0.2, -0.15) is 11.8 Å². The third kappa shape index (κ3) is 3.89. The molecular formula is C15H18FN3O3S2. The molecule has 1 aromatic carbocycles. The molecule has 1 atom stereocenters. The van der Waals surface area contributed by atoms with Gasteiger partial charge in [0.2, 0.25) is 0 Å². The van der Waals surface area contributed by atoms with Crippen LogP contribution in [0.1, 0.15) is 0 Å². The van der Waals surface area contributed by atoms with E-state index >= 15 is 0 Å². The number of carbonyl (C=O) groups excluding carboxylic acids is 2. The van der Waals surface area contributed by atoms with Crippen molar-refractivity contribution in [3.8, 4) is 0 Å². The first-order valence-electron chi connectivity index (χ1n) is 7.62. The molecule has 9 heteroatoms. The van der Waals surface area contributed by atoms with Gasteiger partial charge in [-0.25, -0.2) is 9.18 Å². The van der Waals surface area contributed by atoms with Crippen molar-refractivity contribution in [3.05, 3.63) is 24.0 Å². The molecule has 3 rings (SSSR count). The highest BCUT2D eigenvalue weighted by Crippen LogP contribution is 2.29. The van der Waals surface area contributed by atoms with E-state index in [1.165, 1.54) is 11.0 Å². The highest BCUT2D eigenvalue weighted by molar-refractivity contribution is 7.99. The fraction of sp³-hybridized carbons (Fsp3) is 0.467. The first-order valence-corrected chi connectivity index (χ1v) is 9.22. The number of hydrogen-bond acceptors (Lipinski definition) is 5. The minimum Gasteiger partial charge on any atom is -0.442 e. The third-order valence-electron chi connectivity index (χ3n) is 3.95. The lowest BCUT2D eigenvalue weighted by atomic mass is 10.2. The fourth-order valence-electron chi connectivity index (χ4n) is 2.76. The lowest BCUT2D eigenvalue weighted by molar-refractivity contribution is 0.141. The molecule has 0 saturated carbocycles. The van der Waals surface area contributed by atoms with E-state index < -0.39 is 17.4 Å². The van der Waals surface area contributed by atoms with Crippen LogP contribution in [0.2, 0.25) is 0 Å². The predicted octanol–water partition coefficient (Wildman–Crippen LogP) is 2.34. The van der Waals surface area contributed by atoms with Gasteiger partial charge in [-0.15, -0.1) is 0 Å². The van der Waals surface area contributed by atoms with Crippen LogP contribution in [0.3, 0.4) is 0 Å². The van der Waals surface area contributed by atoms with Crippen molar-refractivity contribution < 1.29 is 18.7 Å². The van der Waals surface area contributed by atoms with Crippen LogP contribution in [0.15, 0.2) is 18.2 Å². The van der Waals surface area contributed by atoms with Gasteiger partial charge in [-0.1, -0.05) is 12.6 Å². The number of cyclic esters (lactones) is 1. The molecule has 0 aromatic heterocycles. The highest BCUT2D eigenvalue weighted by Gasteiger charge is 2.33. The molecule has 0 aliphatic carbocycles. The summed E-state index contributed by atoms with van der Waals surface area (Å²) in [6, 6.07) is 4.79. The van der Waals surface area contributed by atoms with E-state index in [9.17, 15) is 14.0 Å². The first kappa shape index (κ1) is 17.2. The Morgan fingerprint density at radius 3 is 2.83 bits per heavy atom. The average molecular weight is 371 g/mol. The molecule has 6 nitrogen and oxygen atoms in total.